The molecule has 6 nitrogen and oxygen atoms in total. The summed E-state index contributed by atoms with van der Waals surface area (Å²) in [6.07, 6.45) is 4.89. The first-order chi connectivity index (χ1) is 16.8. The van der Waals surface area contributed by atoms with Gasteiger partial charge in [-0.2, -0.15) is 0 Å². The first-order valence-electron chi connectivity index (χ1n) is 11.0. The van der Waals surface area contributed by atoms with E-state index >= 15 is 0 Å². The molecule has 0 saturated heterocycles. The average Bonchev–Trinajstić information content (AvgIpc) is 3.34. The number of aromatic nitrogens is 5. The maximum Gasteiger partial charge on any atom is 0.162 e. The lowest BCUT2D eigenvalue weighted by Gasteiger charge is -2.11. The lowest BCUT2D eigenvalue weighted by molar-refractivity contribution is 1.06. The highest BCUT2D eigenvalue weighted by molar-refractivity contribution is 5.78. The fourth-order valence-electron chi connectivity index (χ4n) is 4.07. The topological polar surface area (TPSA) is 68.5 Å². The molecule has 0 fully saturated rings. The van der Waals surface area contributed by atoms with Gasteiger partial charge in [-0.05, 0) is 59.7 Å². The highest BCUT2D eigenvalue weighted by Gasteiger charge is 2.07. The summed E-state index contributed by atoms with van der Waals surface area (Å²) in [6.45, 7) is 0. The summed E-state index contributed by atoms with van der Waals surface area (Å²) in [7, 11) is 0. The third-order valence-corrected chi connectivity index (χ3v) is 5.68. The van der Waals surface area contributed by atoms with E-state index in [4.69, 9.17) is 0 Å². The van der Waals surface area contributed by atoms with Crippen molar-refractivity contribution in [1.82, 2.24) is 24.5 Å². The van der Waals surface area contributed by atoms with Crippen LogP contribution in [0.2, 0.25) is 0 Å². The molecule has 0 radical (unpaired) electrons. The molecule has 0 bridgehead atoms. The molecule has 4 aromatic carbocycles. The third kappa shape index (κ3) is 3.89. The Balaban J connectivity index is 1.30. The van der Waals surface area contributed by atoms with Crippen molar-refractivity contribution in [3.63, 3.8) is 0 Å². The van der Waals surface area contributed by atoms with E-state index in [0.717, 1.165) is 44.8 Å². The second kappa shape index (κ2) is 8.60. The van der Waals surface area contributed by atoms with Crippen LogP contribution in [-0.2, 0) is 0 Å². The largest absolute Gasteiger partial charge is 0.355 e. The number of nitrogens with zero attached hydrogens (tertiary/aromatic N) is 5. The Labute approximate surface area is 196 Å². The van der Waals surface area contributed by atoms with E-state index in [9.17, 15) is 0 Å². The summed E-state index contributed by atoms with van der Waals surface area (Å²) >= 11 is 0. The predicted octanol–water partition coefficient (Wildman–Crippen LogP) is 6.29. The minimum absolute atomic E-state index is 0.649. The predicted molar refractivity (Wildman–Crippen MR) is 135 cm³/mol. The zero-order valence-corrected chi connectivity index (χ0v) is 18.2. The molecule has 162 valence electrons. The van der Waals surface area contributed by atoms with Gasteiger partial charge in [0.15, 0.2) is 5.82 Å². The molecule has 6 rings (SSSR count). The average molecular weight is 441 g/mol. The summed E-state index contributed by atoms with van der Waals surface area (Å²) in [4.78, 5) is 16.9. The Morgan fingerprint density at radius 2 is 1.26 bits per heavy atom. The SMILES string of the molecule is c1cc(Nc2cccc(-c3ncncn3)c2)cc(-c2cccc(-n3cnc4ccccc43)c2)c1. The van der Waals surface area contributed by atoms with Crippen molar-refractivity contribution in [2.24, 2.45) is 0 Å². The van der Waals surface area contributed by atoms with Crippen molar-refractivity contribution in [1.29, 1.82) is 0 Å². The second-order valence-corrected chi connectivity index (χ2v) is 7.90. The smallest absolute Gasteiger partial charge is 0.162 e. The molecular formula is C28H20N6. The minimum Gasteiger partial charge on any atom is -0.355 e. The van der Waals surface area contributed by atoms with Gasteiger partial charge in [-0.25, -0.2) is 19.9 Å². The molecule has 0 aliphatic heterocycles. The van der Waals surface area contributed by atoms with E-state index in [0.29, 0.717) is 5.82 Å². The van der Waals surface area contributed by atoms with Crippen molar-refractivity contribution >= 4 is 22.4 Å². The van der Waals surface area contributed by atoms with Gasteiger partial charge < -0.3 is 5.32 Å². The number of nitrogens with one attached hydrogen (secondary N) is 1. The first kappa shape index (κ1) is 19.8. The minimum atomic E-state index is 0.649. The van der Waals surface area contributed by atoms with Crippen molar-refractivity contribution < 1.29 is 0 Å². The number of para-hydroxylation sites is 2. The molecule has 0 aliphatic rings. The third-order valence-electron chi connectivity index (χ3n) is 5.68. The highest BCUT2D eigenvalue weighted by Crippen LogP contribution is 2.28. The number of rotatable bonds is 5. The van der Waals surface area contributed by atoms with E-state index in [-0.39, 0.29) is 0 Å². The van der Waals surface area contributed by atoms with Crippen molar-refractivity contribution in [3.05, 3.63) is 116 Å². The van der Waals surface area contributed by atoms with Gasteiger partial charge in [0.25, 0.3) is 0 Å². The standard InChI is InChI=1S/C28H20N6/c1-2-13-27-26(12-1)32-19-34(27)25-11-5-7-21(16-25)20-6-3-9-23(14-20)33-24-10-4-8-22(15-24)28-30-17-29-18-31-28/h1-19,33H. The van der Waals surface area contributed by atoms with E-state index in [1.165, 1.54) is 12.7 Å². The van der Waals surface area contributed by atoms with Crippen LogP contribution in [0.4, 0.5) is 11.4 Å². The molecule has 0 atom stereocenters. The second-order valence-electron chi connectivity index (χ2n) is 7.90. The number of imidazole rings is 1. The first-order valence-corrected chi connectivity index (χ1v) is 11.0. The number of benzene rings is 4. The monoisotopic (exact) mass is 440 g/mol. The summed E-state index contributed by atoms with van der Waals surface area (Å²) in [5.41, 5.74) is 8.32. The van der Waals surface area contributed by atoms with Gasteiger partial charge in [0.05, 0.1) is 11.0 Å². The molecule has 1 N–H and O–H groups in total. The Hall–Kier alpha value is -4.84. The molecule has 2 aromatic heterocycles. The summed E-state index contributed by atoms with van der Waals surface area (Å²) < 4.78 is 2.12. The van der Waals surface area contributed by atoms with E-state index < -0.39 is 0 Å². The molecule has 0 spiro atoms. The van der Waals surface area contributed by atoms with Gasteiger partial charge >= 0.3 is 0 Å². The highest BCUT2D eigenvalue weighted by atomic mass is 15.0. The molecule has 2 heterocycles. The van der Waals surface area contributed by atoms with Crippen LogP contribution in [0.15, 0.2) is 116 Å². The van der Waals surface area contributed by atoms with Gasteiger partial charge in [-0.1, -0.05) is 48.5 Å². The fourth-order valence-corrected chi connectivity index (χ4v) is 4.07. The maximum absolute atomic E-state index is 4.53. The van der Waals surface area contributed by atoms with Crippen LogP contribution in [-0.4, -0.2) is 24.5 Å². The van der Waals surface area contributed by atoms with Crippen LogP contribution >= 0.6 is 0 Å². The van der Waals surface area contributed by atoms with E-state index in [1.807, 2.05) is 48.8 Å². The normalized spacial score (nSPS) is 10.9. The van der Waals surface area contributed by atoms with Crippen LogP contribution in [0.1, 0.15) is 0 Å². The Morgan fingerprint density at radius 3 is 2.09 bits per heavy atom. The molecule has 6 heteroatoms. The van der Waals surface area contributed by atoms with Crippen LogP contribution in [0.25, 0.3) is 39.2 Å². The maximum atomic E-state index is 4.53. The van der Waals surface area contributed by atoms with Crippen molar-refractivity contribution in [3.8, 4) is 28.2 Å². The van der Waals surface area contributed by atoms with Gasteiger partial charge in [0, 0.05) is 22.6 Å². The van der Waals surface area contributed by atoms with Crippen LogP contribution in [0.5, 0.6) is 0 Å². The molecule has 0 aliphatic carbocycles. The van der Waals surface area contributed by atoms with E-state index in [1.54, 1.807) is 0 Å². The molecule has 34 heavy (non-hydrogen) atoms. The van der Waals surface area contributed by atoms with Gasteiger partial charge in [0.1, 0.15) is 19.0 Å². The zero-order valence-electron chi connectivity index (χ0n) is 18.2. The quantitative estimate of drug-likeness (QED) is 0.341. The Bertz CT molecular complexity index is 1590. The van der Waals surface area contributed by atoms with Crippen molar-refractivity contribution in [2.75, 3.05) is 5.32 Å². The van der Waals surface area contributed by atoms with Gasteiger partial charge in [0.2, 0.25) is 0 Å². The summed E-state index contributed by atoms with van der Waals surface area (Å²) in [6, 6.07) is 33.1. The lowest BCUT2D eigenvalue weighted by Crippen LogP contribution is -1.94. The number of hydrogen-bond donors (Lipinski definition) is 1. The Morgan fingerprint density at radius 1 is 0.588 bits per heavy atom. The van der Waals surface area contributed by atoms with Crippen molar-refractivity contribution in [2.45, 2.75) is 0 Å². The molecule has 0 amide bonds. The van der Waals surface area contributed by atoms with Gasteiger partial charge in [-0.3, -0.25) is 4.57 Å². The van der Waals surface area contributed by atoms with Crippen LogP contribution in [0.3, 0.4) is 0 Å². The lowest BCUT2D eigenvalue weighted by atomic mass is 10.0. The number of anilines is 2. The number of hydrogen-bond acceptors (Lipinski definition) is 5. The molecule has 0 unspecified atom stereocenters. The van der Waals surface area contributed by atoms with Crippen LogP contribution in [0, 0.1) is 0 Å². The summed E-state index contributed by atoms with van der Waals surface area (Å²) in [5.74, 6) is 0.649. The fraction of sp³-hybridized carbons (Fsp3) is 0. The van der Waals surface area contributed by atoms with Crippen LogP contribution < -0.4 is 5.32 Å². The van der Waals surface area contributed by atoms with E-state index in [2.05, 4.69) is 84.4 Å². The number of fused-ring (bicyclic) bond motifs is 1. The zero-order chi connectivity index (χ0) is 22.7. The summed E-state index contributed by atoms with van der Waals surface area (Å²) in [5, 5.41) is 3.50. The molecule has 0 saturated carbocycles. The Kier molecular flexibility index (Phi) is 5.01. The van der Waals surface area contributed by atoms with Gasteiger partial charge in [-0.15, -0.1) is 0 Å². The molecular weight excluding hydrogens is 420 g/mol. The molecule has 6 aromatic rings.